The molecule has 42 heavy (non-hydrogen) atoms. The van der Waals surface area contributed by atoms with E-state index in [0.29, 0.717) is 52.0 Å². The number of likely N-dealkylation sites (tertiary alicyclic amines) is 1. The monoisotopic (exact) mass is 576 g/mol. The maximum Gasteiger partial charge on any atom is 0.296 e. The van der Waals surface area contributed by atoms with Crippen molar-refractivity contribution < 1.29 is 23.0 Å². The first kappa shape index (κ1) is 27.5. The van der Waals surface area contributed by atoms with Crippen LogP contribution in [0.3, 0.4) is 0 Å². The Labute approximate surface area is 240 Å². The minimum Gasteiger partial charge on any atom is -0.487 e. The zero-order valence-corrected chi connectivity index (χ0v) is 23.6. The minimum atomic E-state index is -3.05. The molecule has 0 saturated carbocycles. The van der Waals surface area contributed by atoms with E-state index in [-0.39, 0.29) is 24.8 Å². The van der Waals surface area contributed by atoms with E-state index in [0.717, 1.165) is 5.56 Å². The van der Waals surface area contributed by atoms with Gasteiger partial charge in [-0.25, -0.2) is 23.7 Å². The zero-order chi connectivity index (χ0) is 29.4. The molecule has 6 rings (SSSR count). The van der Waals surface area contributed by atoms with Crippen molar-refractivity contribution in [3.63, 3.8) is 0 Å². The van der Waals surface area contributed by atoms with Gasteiger partial charge in [0.25, 0.3) is 5.92 Å². The van der Waals surface area contributed by atoms with Crippen LogP contribution in [-0.4, -0.2) is 72.7 Å². The number of benzene rings is 2. The molecule has 2 aromatic carbocycles. The maximum absolute atomic E-state index is 15.1. The molecule has 218 valence electrons. The van der Waals surface area contributed by atoms with Gasteiger partial charge in [-0.2, -0.15) is 0 Å². The number of aromatic nitrogens is 6. The molecule has 1 aliphatic heterocycles. The van der Waals surface area contributed by atoms with Crippen molar-refractivity contribution in [1.82, 2.24) is 34.4 Å². The number of piperidine rings is 1. The highest BCUT2D eigenvalue weighted by Gasteiger charge is 2.46. The summed E-state index contributed by atoms with van der Waals surface area (Å²) in [6, 6.07) is 10.7. The van der Waals surface area contributed by atoms with Gasteiger partial charge >= 0.3 is 0 Å². The van der Waals surface area contributed by atoms with E-state index in [1.165, 1.54) is 6.33 Å². The number of rotatable bonds is 8. The molecule has 1 saturated heterocycles. The van der Waals surface area contributed by atoms with Gasteiger partial charge in [-0.05, 0) is 63.7 Å². The van der Waals surface area contributed by atoms with Gasteiger partial charge in [0.1, 0.15) is 30.5 Å². The lowest BCUT2D eigenvalue weighted by Crippen LogP contribution is -2.52. The molecular weight excluding hydrogens is 546 g/mol. The van der Waals surface area contributed by atoms with Gasteiger partial charge < -0.3 is 24.4 Å². The second-order valence-corrected chi connectivity index (χ2v) is 10.6. The summed E-state index contributed by atoms with van der Waals surface area (Å²) in [5, 5.41) is 11.6. The molecular formula is C29H30F2N8O3. The van der Waals surface area contributed by atoms with Crippen LogP contribution in [0.15, 0.2) is 55.4 Å². The second-order valence-electron chi connectivity index (χ2n) is 10.6. The average Bonchev–Trinajstić information content (AvgIpc) is 3.40. The maximum atomic E-state index is 15.1. The molecule has 4 heterocycles. The smallest absolute Gasteiger partial charge is 0.296 e. The summed E-state index contributed by atoms with van der Waals surface area (Å²) in [4.78, 5) is 14.7. The predicted molar refractivity (Wildman–Crippen MR) is 152 cm³/mol. The Kier molecular flexibility index (Phi) is 7.19. The molecule has 1 N–H and O–H groups in total. The first-order valence-electron chi connectivity index (χ1n) is 13.5. The number of halogens is 2. The topological polar surface area (TPSA) is 112 Å². The lowest BCUT2D eigenvalue weighted by molar-refractivity contribution is -0.135. The minimum absolute atomic E-state index is 0.164. The van der Waals surface area contributed by atoms with Crippen LogP contribution in [0, 0.1) is 6.92 Å². The molecule has 11 nitrogen and oxygen atoms in total. The van der Waals surface area contributed by atoms with Gasteiger partial charge in [0.15, 0.2) is 23.3 Å². The van der Waals surface area contributed by atoms with Gasteiger partial charge in [0.05, 0.1) is 23.6 Å². The van der Waals surface area contributed by atoms with Crippen LogP contribution in [-0.2, 0) is 0 Å². The summed E-state index contributed by atoms with van der Waals surface area (Å²) in [6.07, 6.45) is 3.18. The average molecular weight is 577 g/mol. The van der Waals surface area contributed by atoms with Crippen molar-refractivity contribution >= 4 is 28.1 Å². The lowest BCUT2D eigenvalue weighted by Gasteiger charge is -2.36. The van der Waals surface area contributed by atoms with Crippen LogP contribution in [0.1, 0.15) is 25.8 Å². The molecule has 13 heteroatoms. The van der Waals surface area contributed by atoms with E-state index in [4.69, 9.17) is 14.2 Å². The van der Waals surface area contributed by atoms with Crippen molar-refractivity contribution in [3.8, 4) is 23.1 Å². The number of hydrogen-bond acceptors (Lipinski definition) is 10. The summed E-state index contributed by atoms with van der Waals surface area (Å²) >= 11 is 0. The Bertz CT molecular complexity index is 1750. The fourth-order valence-corrected chi connectivity index (χ4v) is 4.90. The number of hydrogen-bond donors (Lipinski definition) is 1. The highest BCUT2D eigenvalue weighted by molar-refractivity contribution is 5.97. The SMILES string of the molecule is Cc1cc(Nc2ncnc3ccc(OC(C)C)c(O[C@@H]4CCN(C)CC4(F)F)c23)ccc1Oc1cc2nncn2cn1. The van der Waals surface area contributed by atoms with E-state index in [1.807, 2.05) is 32.9 Å². The molecule has 1 fully saturated rings. The Balaban J connectivity index is 1.33. The molecule has 0 amide bonds. The molecule has 1 aliphatic rings. The Morgan fingerprint density at radius 1 is 1.05 bits per heavy atom. The van der Waals surface area contributed by atoms with Crippen LogP contribution < -0.4 is 19.5 Å². The van der Waals surface area contributed by atoms with E-state index >= 15 is 8.78 Å². The molecule has 0 aliphatic carbocycles. The Morgan fingerprint density at radius 3 is 2.67 bits per heavy atom. The van der Waals surface area contributed by atoms with Crippen LogP contribution in [0.5, 0.6) is 23.1 Å². The van der Waals surface area contributed by atoms with E-state index in [9.17, 15) is 0 Å². The summed E-state index contributed by atoms with van der Waals surface area (Å²) in [5.41, 5.74) is 2.67. The number of ether oxygens (including phenoxy) is 3. The number of nitrogens with one attached hydrogen (secondary N) is 1. The van der Waals surface area contributed by atoms with Gasteiger partial charge in [-0.15, -0.1) is 10.2 Å². The molecule has 0 radical (unpaired) electrons. The van der Waals surface area contributed by atoms with Crippen LogP contribution in [0.2, 0.25) is 0 Å². The normalized spacial score (nSPS) is 17.1. The van der Waals surface area contributed by atoms with Gasteiger partial charge in [0.2, 0.25) is 5.88 Å². The molecule has 1 atom stereocenters. The fourth-order valence-electron chi connectivity index (χ4n) is 4.90. The van der Waals surface area contributed by atoms with Crippen LogP contribution in [0.4, 0.5) is 20.3 Å². The third-order valence-corrected chi connectivity index (χ3v) is 6.88. The van der Waals surface area contributed by atoms with Crippen molar-refractivity contribution in [2.75, 3.05) is 25.5 Å². The molecule has 3 aromatic heterocycles. The molecule has 0 unspecified atom stereocenters. The van der Waals surface area contributed by atoms with Crippen molar-refractivity contribution in [2.45, 2.75) is 45.3 Å². The predicted octanol–water partition coefficient (Wildman–Crippen LogP) is 5.42. The lowest BCUT2D eigenvalue weighted by atomic mass is 10.0. The highest BCUT2D eigenvalue weighted by Crippen LogP contribution is 2.43. The van der Waals surface area contributed by atoms with Gasteiger partial charge in [-0.1, -0.05) is 0 Å². The second kappa shape index (κ2) is 11.0. The number of nitrogens with zero attached hydrogens (tertiary/aromatic N) is 7. The number of anilines is 2. The van der Waals surface area contributed by atoms with Gasteiger partial charge in [-0.3, -0.25) is 4.40 Å². The first-order valence-corrected chi connectivity index (χ1v) is 13.5. The highest BCUT2D eigenvalue weighted by atomic mass is 19.3. The van der Waals surface area contributed by atoms with E-state index in [1.54, 1.807) is 53.3 Å². The number of aryl methyl sites for hydroxylation is 1. The fraction of sp³-hybridized carbons (Fsp3) is 0.345. The molecule has 0 spiro atoms. The molecule has 0 bridgehead atoms. The summed E-state index contributed by atoms with van der Waals surface area (Å²) in [7, 11) is 1.68. The Hall–Kier alpha value is -4.65. The van der Waals surface area contributed by atoms with Crippen molar-refractivity contribution in [2.24, 2.45) is 0 Å². The van der Waals surface area contributed by atoms with Crippen LogP contribution >= 0.6 is 0 Å². The third-order valence-electron chi connectivity index (χ3n) is 6.88. The third kappa shape index (κ3) is 5.59. The number of fused-ring (bicyclic) bond motifs is 2. The van der Waals surface area contributed by atoms with Crippen molar-refractivity contribution in [3.05, 3.63) is 60.9 Å². The zero-order valence-electron chi connectivity index (χ0n) is 23.6. The van der Waals surface area contributed by atoms with Gasteiger partial charge in [0, 0.05) is 24.7 Å². The summed E-state index contributed by atoms with van der Waals surface area (Å²) < 4.78 is 49.9. The molecule has 5 aromatic rings. The van der Waals surface area contributed by atoms with Crippen LogP contribution in [0.25, 0.3) is 16.6 Å². The number of alkyl halides is 2. The largest absolute Gasteiger partial charge is 0.487 e. The first-order chi connectivity index (χ1) is 20.2. The summed E-state index contributed by atoms with van der Waals surface area (Å²) in [6.45, 7) is 5.73. The van der Waals surface area contributed by atoms with E-state index < -0.39 is 12.0 Å². The van der Waals surface area contributed by atoms with E-state index in [2.05, 4.69) is 30.5 Å². The van der Waals surface area contributed by atoms with Crippen molar-refractivity contribution in [1.29, 1.82) is 0 Å². The summed E-state index contributed by atoms with van der Waals surface area (Å²) in [5.74, 6) is -1.13. The Morgan fingerprint density at radius 2 is 1.88 bits per heavy atom. The standard InChI is InChI=1S/C29H30F2N8O3/c1-17(2)40-22-8-6-20-26(27(22)42-23-9-10-38(4)13-29(23,30)31)28(33-14-32-20)36-19-5-7-21(18(3)11-19)41-25-12-24-37-35-16-39(24)15-34-25/h5-8,11-12,14-17,23H,9-10,13H2,1-4H3,(H,32,33,36)/t23-/m1/s1. The quantitative estimate of drug-likeness (QED) is 0.257.